The van der Waals surface area contributed by atoms with E-state index in [1.54, 1.807) is 30.8 Å². The molecule has 23 heavy (non-hydrogen) atoms. The molecular weight excluding hydrogens is 316 g/mol. The number of carbonyl (C=O) groups is 1. The fourth-order valence-electron chi connectivity index (χ4n) is 1.61. The molecule has 0 bridgehead atoms. The van der Waals surface area contributed by atoms with Crippen LogP contribution in [0.3, 0.4) is 0 Å². The molecule has 0 saturated heterocycles. The maximum atomic E-state index is 12.1. The maximum absolute atomic E-state index is 12.1. The summed E-state index contributed by atoms with van der Waals surface area (Å²) < 4.78 is 1.37. The van der Waals surface area contributed by atoms with Gasteiger partial charge >= 0.3 is 6.03 Å². The molecule has 2 aromatic rings. The smallest absolute Gasteiger partial charge is 0.319 e. The number of thiazole rings is 1. The SMILES string of the molecule is C=C(/C=C\C(N)=N/C)CNC(=O)Nc1cnc2sccn2c1=O. The molecule has 120 valence electrons. The summed E-state index contributed by atoms with van der Waals surface area (Å²) in [5.74, 6) is 0.360. The summed E-state index contributed by atoms with van der Waals surface area (Å²) >= 11 is 1.34. The first-order chi connectivity index (χ1) is 11.0. The maximum Gasteiger partial charge on any atom is 0.319 e. The van der Waals surface area contributed by atoms with Crippen molar-refractivity contribution in [2.45, 2.75) is 0 Å². The second-order valence-electron chi connectivity index (χ2n) is 4.48. The second-order valence-corrected chi connectivity index (χ2v) is 5.35. The van der Waals surface area contributed by atoms with Crippen molar-refractivity contribution >= 4 is 33.9 Å². The van der Waals surface area contributed by atoms with Crippen LogP contribution in [0.1, 0.15) is 0 Å². The standard InChI is InChI=1S/C14H16N6O2S/c1-9(3-4-11(15)16-2)7-17-13(22)19-10-8-18-14-20(12(10)21)5-6-23-14/h3-6,8H,1,7H2,2H3,(H2,15,16)(H2,17,19,22)/b4-3-. The van der Waals surface area contributed by atoms with Crippen molar-refractivity contribution < 1.29 is 4.79 Å². The van der Waals surface area contributed by atoms with E-state index >= 15 is 0 Å². The van der Waals surface area contributed by atoms with Gasteiger partial charge in [0.25, 0.3) is 5.56 Å². The van der Waals surface area contributed by atoms with Crippen molar-refractivity contribution in [3.63, 3.8) is 0 Å². The van der Waals surface area contributed by atoms with E-state index in [9.17, 15) is 9.59 Å². The minimum Gasteiger partial charge on any atom is -0.384 e. The van der Waals surface area contributed by atoms with E-state index < -0.39 is 6.03 Å². The first-order valence-corrected chi connectivity index (χ1v) is 7.47. The molecular formula is C14H16N6O2S. The Morgan fingerprint density at radius 2 is 2.35 bits per heavy atom. The summed E-state index contributed by atoms with van der Waals surface area (Å²) in [6.45, 7) is 3.98. The first kappa shape index (κ1) is 16.4. The van der Waals surface area contributed by atoms with Crippen LogP contribution in [0.4, 0.5) is 10.5 Å². The largest absolute Gasteiger partial charge is 0.384 e. The number of amidine groups is 1. The van der Waals surface area contributed by atoms with E-state index in [2.05, 4.69) is 27.2 Å². The minimum absolute atomic E-state index is 0.0990. The van der Waals surface area contributed by atoms with Crippen molar-refractivity contribution in [3.05, 3.63) is 52.4 Å². The van der Waals surface area contributed by atoms with Crippen molar-refractivity contribution in [2.75, 3.05) is 18.9 Å². The number of nitrogens with two attached hydrogens (primary N) is 1. The zero-order chi connectivity index (χ0) is 16.8. The number of anilines is 1. The molecule has 0 aliphatic carbocycles. The van der Waals surface area contributed by atoms with Crippen molar-refractivity contribution in [2.24, 2.45) is 10.7 Å². The predicted octanol–water partition coefficient (Wildman–Crippen LogP) is 0.977. The lowest BCUT2D eigenvalue weighted by atomic mass is 10.2. The molecule has 0 atom stereocenters. The average Bonchev–Trinajstić information content (AvgIpc) is 3.02. The van der Waals surface area contributed by atoms with Crippen molar-refractivity contribution in [1.29, 1.82) is 0 Å². The van der Waals surface area contributed by atoms with E-state index in [0.717, 1.165) is 0 Å². The highest BCUT2D eigenvalue weighted by Crippen LogP contribution is 2.07. The quantitative estimate of drug-likeness (QED) is 0.430. The number of aliphatic imine (C=N–C) groups is 1. The molecule has 2 heterocycles. The second kappa shape index (κ2) is 7.36. The molecule has 0 unspecified atom stereocenters. The van der Waals surface area contributed by atoms with Crippen LogP contribution in [-0.2, 0) is 0 Å². The number of fused-ring (bicyclic) bond motifs is 1. The fraction of sp³-hybridized carbons (Fsp3) is 0.143. The normalized spacial score (nSPS) is 11.8. The summed E-state index contributed by atoms with van der Waals surface area (Å²) in [5, 5.41) is 6.80. The highest BCUT2D eigenvalue weighted by Gasteiger charge is 2.08. The molecule has 2 aromatic heterocycles. The molecule has 0 fully saturated rings. The number of urea groups is 1. The summed E-state index contributed by atoms with van der Waals surface area (Å²) in [4.78, 5) is 32.4. The van der Waals surface area contributed by atoms with Crippen LogP contribution in [0.2, 0.25) is 0 Å². The monoisotopic (exact) mass is 332 g/mol. The Balaban J connectivity index is 1.94. The Labute approximate surface area is 136 Å². The number of nitrogens with one attached hydrogen (secondary N) is 2. The third-order valence-electron chi connectivity index (χ3n) is 2.81. The van der Waals surface area contributed by atoms with Gasteiger partial charge in [-0.05, 0) is 11.6 Å². The Hall–Kier alpha value is -2.94. The lowest BCUT2D eigenvalue weighted by Gasteiger charge is -2.07. The van der Waals surface area contributed by atoms with Gasteiger partial charge in [-0.1, -0.05) is 12.7 Å². The minimum atomic E-state index is -0.522. The van der Waals surface area contributed by atoms with Gasteiger partial charge < -0.3 is 16.4 Å². The van der Waals surface area contributed by atoms with Gasteiger partial charge in [0.2, 0.25) is 0 Å². The molecule has 0 spiro atoms. The Kier molecular flexibility index (Phi) is 5.26. The van der Waals surface area contributed by atoms with Gasteiger partial charge in [0.15, 0.2) is 4.96 Å². The van der Waals surface area contributed by atoms with Crippen LogP contribution in [0, 0.1) is 0 Å². The van der Waals surface area contributed by atoms with E-state index in [1.165, 1.54) is 21.9 Å². The number of hydrogen-bond donors (Lipinski definition) is 3. The molecule has 9 heteroatoms. The molecule has 0 aliphatic rings. The van der Waals surface area contributed by atoms with Gasteiger partial charge in [-0.2, -0.15) is 0 Å². The lowest BCUT2D eigenvalue weighted by molar-refractivity contribution is 0.253. The van der Waals surface area contributed by atoms with Gasteiger partial charge in [0.1, 0.15) is 11.5 Å². The van der Waals surface area contributed by atoms with Crippen LogP contribution < -0.4 is 21.9 Å². The topological polar surface area (TPSA) is 114 Å². The molecule has 2 rings (SSSR count). The van der Waals surface area contributed by atoms with Gasteiger partial charge in [-0.3, -0.25) is 14.2 Å². The van der Waals surface area contributed by atoms with E-state index in [-0.39, 0.29) is 17.8 Å². The predicted molar refractivity (Wildman–Crippen MR) is 92.2 cm³/mol. The summed E-state index contributed by atoms with van der Waals surface area (Å²) in [6, 6.07) is -0.522. The molecule has 0 saturated carbocycles. The number of nitrogens with zero attached hydrogens (tertiary/aromatic N) is 3. The van der Waals surface area contributed by atoms with E-state index in [1.807, 2.05) is 0 Å². The van der Waals surface area contributed by atoms with Crippen LogP contribution in [0.25, 0.3) is 4.96 Å². The highest BCUT2D eigenvalue weighted by atomic mass is 32.1. The van der Waals surface area contributed by atoms with Crippen LogP contribution >= 0.6 is 11.3 Å². The lowest BCUT2D eigenvalue weighted by Crippen LogP contribution is -2.32. The molecule has 4 N–H and O–H groups in total. The van der Waals surface area contributed by atoms with Gasteiger partial charge in [0.05, 0.1) is 6.20 Å². The summed E-state index contributed by atoms with van der Waals surface area (Å²) in [7, 11) is 1.57. The van der Waals surface area contributed by atoms with Crippen molar-refractivity contribution in [3.8, 4) is 0 Å². The number of amides is 2. The Morgan fingerprint density at radius 3 is 3.09 bits per heavy atom. The zero-order valence-corrected chi connectivity index (χ0v) is 13.3. The van der Waals surface area contributed by atoms with E-state index in [0.29, 0.717) is 16.4 Å². The van der Waals surface area contributed by atoms with Gasteiger partial charge in [0, 0.05) is 25.2 Å². The van der Waals surface area contributed by atoms with Crippen LogP contribution in [0.15, 0.2) is 51.9 Å². The van der Waals surface area contributed by atoms with Gasteiger partial charge in [-0.15, -0.1) is 11.3 Å². The molecule has 0 aromatic carbocycles. The third-order valence-corrected chi connectivity index (χ3v) is 3.59. The summed E-state index contributed by atoms with van der Waals surface area (Å²) in [5.41, 5.74) is 5.91. The summed E-state index contributed by atoms with van der Waals surface area (Å²) in [6.07, 6.45) is 6.17. The highest BCUT2D eigenvalue weighted by molar-refractivity contribution is 7.15. The van der Waals surface area contributed by atoms with Crippen molar-refractivity contribution in [1.82, 2.24) is 14.7 Å². The Morgan fingerprint density at radius 1 is 1.57 bits per heavy atom. The molecule has 0 radical (unpaired) electrons. The van der Waals surface area contributed by atoms with E-state index in [4.69, 9.17) is 5.73 Å². The third kappa shape index (κ3) is 4.27. The molecule has 8 nitrogen and oxygen atoms in total. The molecule has 0 aliphatic heterocycles. The van der Waals surface area contributed by atoms with Crippen LogP contribution in [0.5, 0.6) is 0 Å². The number of carbonyl (C=O) groups excluding carboxylic acids is 1. The van der Waals surface area contributed by atoms with Gasteiger partial charge in [-0.25, -0.2) is 9.78 Å². The number of rotatable bonds is 5. The fourth-order valence-corrected chi connectivity index (χ4v) is 2.28. The average molecular weight is 332 g/mol. The zero-order valence-electron chi connectivity index (χ0n) is 12.4. The van der Waals surface area contributed by atoms with Crippen LogP contribution in [-0.4, -0.2) is 34.8 Å². The number of aromatic nitrogens is 2. The number of hydrogen-bond acceptors (Lipinski definition) is 5. The Bertz CT molecular complexity index is 848. The molecule has 2 amide bonds. The first-order valence-electron chi connectivity index (χ1n) is 6.59.